The van der Waals surface area contributed by atoms with Gasteiger partial charge in [-0.15, -0.1) is 0 Å². The molecule has 0 heterocycles. The van der Waals surface area contributed by atoms with Crippen molar-refractivity contribution < 1.29 is 24.5 Å². The van der Waals surface area contributed by atoms with Gasteiger partial charge in [-0.05, 0) is 83.5 Å². The van der Waals surface area contributed by atoms with Gasteiger partial charge in [-0.1, -0.05) is 288 Å². The van der Waals surface area contributed by atoms with Crippen LogP contribution in [0.15, 0.2) is 36.5 Å². The second kappa shape index (κ2) is 61.6. The average Bonchev–Trinajstić information content (AvgIpc) is 3.38. The molecule has 0 aromatic heterocycles. The molecule has 424 valence electrons. The Kier molecular flexibility index (Phi) is 60.0. The van der Waals surface area contributed by atoms with Gasteiger partial charge in [0.2, 0.25) is 5.91 Å². The maximum atomic E-state index is 12.5. The van der Waals surface area contributed by atoms with E-state index in [1.165, 1.54) is 257 Å². The van der Waals surface area contributed by atoms with Gasteiger partial charge >= 0.3 is 5.97 Å². The molecule has 0 aliphatic rings. The summed E-state index contributed by atoms with van der Waals surface area (Å²) in [6.45, 7) is 4.96. The van der Waals surface area contributed by atoms with Gasteiger partial charge in [0.1, 0.15) is 0 Å². The predicted molar refractivity (Wildman–Crippen MR) is 315 cm³/mol. The van der Waals surface area contributed by atoms with E-state index < -0.39 is 12.1 Å². The number of nitrogens with one attached hydrogen (secondary N) is 1. The second-order valence-electron chi connectivity index (χ2n) is 22.1. The Labute approximate surface area is 449 Å². The molecule has 0 bridgehead atoms. The number of esters is 1. The Morgan fingerprint density at radius 1 is 0.389 bits per heavy atom. The molecule has 0 rings (SSSR count). The fourth-order valence-corrected chi connectivity index (χ4v) is 9.96. The molecule has 0 aliphatic carbocycles. The first-order valence-corrected chi connectivity index (χ1v) is 32.2. The molecule has 0 saturated heterocycles. The molecule has 0 radical (unpaired) electrons. The van der Waals surface area contributed by atoms with Gasteiger partial charge in [0, 0.05) is 12.8 Å². The number of hydrogen-bond acceptors (Lipinski definition) is 5. The van der Waals surface area contributed by atoms with Crippen molar-refractivity contribution in [1.82, 2.24) is 5.32 Å². The zero-order valence-electron chi connectivity index (χ0n) is 48.4. The van der Waals surface area contributed by atoms with Gasteiger partial charge in [-0.2, -0.15) is 0 Å². The number of carbonyl (C=O) groups is 2. The van der Waals surface area contributed by atoms with Gasteiger partial charge in [0.05, 0.1) is 25.4 Å². The number of rotatable bonds is 60. The number of aliphatic hydroxyl groups is 2. The first-order valence-electron chi connectivity index (χ1n) is 32.2. The predicted octanol–water partition coefficient (Wildman–Crippen LogP) is 20.4. The summed E-state index contributed by atoms with van der Waals surface area (Å²) in [4.78, 5) is 24.6. The quantitative estimate of drug-likeness (QED) is 0.0320. The Morgan fingerprint density at radius 3 is 1.07 bits per heavy atom. The molecule has 0 aliphatic heterocycles. The molecule has 0 fully saturated rings. The molecular weight excluding hydrogens is 887 g/mol. The minimum atomic E-state index is -0.671. The van der Waals surface area contributed by atoms with Gasteiger partial charge in [0.15, 0.2) is 0 Å². The summed E-state index contributed by atoms with van der Waals surface area (Å²) in [6, 6.07) is -0.549. The van der Waals surface area contributed by atoms with Crippen molar-refractivity contribution in [3.8, 4) is 0 Å². The molecular formula is C66H125NO5. The van der Waals surface area contributed by atoms with Gasteiger partial charge in [-0.25, -0.2) is 0 Å². The van der Waals surface area contributed by atoms with Crippen molar-refractivity contribution in [3.63, 3.8) is 0 Å². The molecule has 2 unspecified atom stereocenters. The molecule has 0 saturated carbocycles. The molecule has 0 aromatic carbocycles. The molecule has 6 heteroatoms. The van der Waals surface area contributed by atoms with E-state index in [0.29, 0.717) is 25.9 Å². The maximum Gasteiger partial charge on any atom is 0.305 e. The second-order valence-corrected chi connectivity index (χ2v) is 22.1. The molecule has 0 aromatic rings. The summed E-state index contributed by atoms with van der Waals surface area (Å²) in [5.41, 5.74) is 0. The molecule has 1 amide bonds. The van der Waals surface area contributed by atoms with Gasteiger partial charge < -0.3 is 20.3 Å². The van der Waals surface area contributed by atoms with Crippen molar-refractivity contribution in [1.29, 1.82) is 0 Å². The fourth-order valence-electron chi connectivity index (χ4n) is 9.96. The molecule has 72 heavy (non-hydrogen) atoms. The Hall–Kier alpha value is -1.92. The van der Waals surface area contributed by atoms with E-state index in [-0.39, 0.29) is 18.5 Å². The summed E-state index contributed by atoms with van der Waals surface area (Å²) in [6.07, 6.45) is 77.3. The number of carbonyl (C=O) groups excluding carboxylic acids is 2. The zero-order valence-corrected chi connectivity index (χ0v) is 48.4. The Morgan fingerprint density at radius 2 is 0.694 bits per heavy atom. The van der Waals surface area contributed by atoms with Crippen LogP contribution in [0.3, 0.4) is 0 Å². The summed E-state index contributed by atoms with van der Waals surface area (Å²) in [7, 11) is 0. The highest BCUT2D eigenvalue weighted by Gasteiger charge is 2.20. The number of hydrogen-bond donors (Lipinski definition) is 3. The van der Waals surface area contributed by atoms with Crippen LogP contribution in [0.4, 0.5) is 0 Å². The topological polar surface area (TPSA) is 95.9 Å². The van der Waals surface area contributed by atoms with Crippen LogP contribution >= 0.6 is 0 Å². The third kappa shape index (κ3) is 57.4. The van der Waals surface area contributed by atoms with Crippen LogP contribution in [0.2, 0.25) is 0 Å². The van der Waals surface area contributed by atoms with Crippen molar-refractivity contribution in [2.75, 3.05) is 13.2 Å². The lowest BCUT2D eigenvalue weighted by molar-refractivity contribution is -0.143. The van der Waals surface area contributed by atoms with Crippen LogP contribution in [0.25, 0.3) is 0 Å². The number of amides is 1. The van der Waals surface area contributed by atoms with Crippen LogP contribution in [-0.2, 0) is 14.3 Å². The third-order valence-corrected chi connectivity index (χ3v) is 14.9. The Bertz CT molecular complexity index is 1170. The average molecular weight is 1010 g/mol. The largest absolute Gasteiger partial charge is 0.466 e. The highest BCUT2D eigenvalue weighted by molar-refractivity contribution is 5.76. The fraction of sp³-hybridized carbons (Fsp3) is 0.879. The summed E-state index contributed by atoms with van der Waals surface area (Å²) in [5.74, 6) is -0.0400. The third-order valence-electron chi connectivity index (χ3n) is 14.9. The molecule has 2 atom stereocenters. The maximum absolute atomic E-state index is 12.5. The minimum absolute atomic E-state index is 0.00395. The summed E-state index contributed by atoms with van der Waals surface area (Å²) in [5, 5.41) is 23.3. The van der Waals surface area contributed by atoms with Crippen molar-refractivity contribution in [2.24, 2.45) is 0 Å². The lowest BCUT2D eigenvalue weighted by Gasteiger charge is -2.22. The van der Waals surface area contributed by atoms with Crippen molar-refractivity contribution >= 4 is 11.9 Å². The Balaban J connectivity index is 3.44. The number of aliphatic hydroxyl groups excluding tert-OH is 2. The summed E-state index contributed by atoms with van der Waals surface area (Å²) < 4.78 is 5.49. The normalized spacial score (nSPS) is 12.8. The van der Waals surface area contributed by atoms with E-state index in [4.69, 9.17) is 4.74 Å². The molecule has 6 nitrogen and oxygen atoms in total. The lowest BCUT2D eigenvalue weighted by Crippen LogP contribution is -2.45. The van der Waals surface area contributed by atoms with E-state index in [1.54, 1.807) is 0 Å². The highest BCUT2D eigenvalue weighted by Crippen LogP contribution is 2.17. The van der Waals surface area contributed by atoms with E-state index in [9.17, 15) is 19.8 Å². The van der Waals surface area contributed by atoms with Crippen LogP contribution in [0.1, 0.15) is 348 Å². The number of allylic oxidation sites excluding steroid dienone is 6. The van der Waals surface area contributed by atoms with E-state index in [1.807, 2.05) is 0 Å². The van der Waals surface area contributed by atoms with Crippen LogP contribution < -0.4 is 5.32 Å². The lowest BCUT2D eigenvalue weighted by atomic mass is 10.0. The van der Waals surface area contributed by atoms with Crippen molar-refractivity contribution in [2.45, 2.75) is 360 Å². The highest BCUT2D eigenvalue weighted by atomic mass is 16.5. The first-order chi connectivity index (χ1) is 35.5. The van der Waals surface area contributed by atoms with Crippen LogP contribution in [0, 0.1) is 0 Å². The van der Waals surface area contributed by atoms with Gasteiger partial charge in [-0.3, -0.25) is 9.59 Å². The van der Waals surface area contributed by atoms with Crippen LogP contribution in [-0.4, -0.2) is 47.4 Å². The SMILES string of the molecule is CCCCCCCC/C=C\CCCCCCCCCC(=O)OCCCCCCCCCCC/C=C\C/C=C\CCCCCCCCCC(=O)NC(CO)C(O)CCCCCCCCCCCCCCCCC. The smallest absolute Gasteiger partial charge is 0.305 e. The first kappa shape index (κ1) is 70.1. The van der Waals surface area contributed by atoms with E-state index >= 15 is 0 Å². The number of unbranched alkanes of at least 4 members (excludes halogenated alkanes) is 43. The molecule has 0 spiro atoms. The standard InChI is InChI=1S/C66H125NO5/c1-3-5-7-9-11-13-15-17-19-27-32-36-40-44-48-52-56-60-66(71)72-61-57-53-49-45-41-37-33-29-26-24-22-20-21-23-25-28-31-35-39-43-47-51-55-59-65(70)67-63(62-68)64(69)58-54-50-46-42-38-34-30-18-16-14-12-10-8-6-4-2/h17,19-20,22-23,25,63-64,68-69H,3-16,18,21,24,26-62H2,1-2H3,(H,67,70)/b19-17-,22-20-,25-23-. The van der Waals surface area contributed by atoms with Gasteiger partial charge in [0.25, 0.3) is 0 Å². The van der Waals surface area contributed by atoms with Crippen molar-refractivity contribution in [3.05, 3.63) is 36.5 Å². The van der Waals surface area contributed by atoms with Crippen LogP contribution in [0.5, 0.6) is 0 Å². The zero-order chi connectivity index (χ0) is 52.2. The van der Waals surface area contributed by atoms with E-state index in [2.05, 4.69) is 55.6 Å². The van der Waals surface area contributed by atoms with E-state index in [0.717, 1.165) is 57.8 Å². The monoisotopic (exact) mass is 1010 g/mol. The number of ether oxygens (including phenoxy) is 1. The minimum Gasteiger partial charge on any atom is -0.466 e. The summed E-state index contributed by atoms with van der Waals surface area (Å²) >= 11 is 0. The molecule has 3 N–H and O–H groups in total.